The van der Waals surface area contributed by atoms with Gasteiger partial charge in [-0.3, -0.25) is 13.9 Å². The van der Waals surface area contributed by atoms with Crippen LogP contribution >= 0.6 is 23.2 Å². The summed E-state index contributed by atoms with van der Waals surface area (Å²) < 4.78 is 27.1. The second-order valence-electron chi connectivity index (χ2n) is 11.3. The molecule has 41 heavy (non-hydrogen) atoms. The summed E-state index contributed by atoms with van der Waals surface area (Å²) in [4.78, 5) is 29.4. The minimum atomic E-state index is -3.87. The molecule has 0 radical (unpaired) electrons. The van der Waals surface area contributed by atoms with E-state index in [0.717, 1.165) is 27.3 Å². The zero-order valence-corrected chi connectivity index (χ0v) is 26.6. The van der Waals surface area contributed by atoms with E-state index in [1.54, 1.807) is 30.3 Å². The summed E-state index contributed by atoms with van der Waals surface area (Å²) in [5, 5.41) is 3.65. The molecule has 0 aliphatic rings. The monoisotopic (exact) mass is 617 g/mol. The largest absolute Gasteiger partial charge is 0.350 e. The Bertz CT molecular complexity index is 1460. The van der Waals surface area contributed by atoms with E-state index < -0.39 is 34.1 Å². The fraction of sp³-hybridized carbons (Fsp3) is 0.355. The van der Waals surface area contributed by atoms with Gasteiger partial charge in [-0.1, -0.05) is 65.7 Å². The fourth-order valence-corrected chi connectivity index (χ4v) is 5.92. The van der Waals surface area contributed by atoms with Crippen molar-refractivity contribution in [2.75, 3.05) is 17.1 Å². The standard InChI is InChI=1S/C31H37Cl2N3O4S/c1-21-15-22(2)17-24(16-21)36(41(6,39)40)20-29(37)35(19-25-26(32)13-10-14-27(25)33)28(30(38)34-31(3,4)5)18-23-11-8-7-9-12-23/h7-17,28H,18-20H2,1-6H3,(H,34,38)/t28-/m0/s1. The number of hydrogen-bond donors (Lipinski definition) is 1. The van der Waals surface area contributed by atoms with Gasteiger partial charge in [-0.05, 0) is 75.6 Å². The Morgan fingerprint density at radius 2 is 1.46 bits per heavy atom. The first-order valence-electron chi connectivity index (χ1n) is 13.2. The molecule has 0 unspecified atom stereocenters. The lowest BCUT2D eigenvalue weighted by Crippen LogP contribution is -2.56. The van der Waals surface area contributed by atoms with Crippen molar-refractivity contribution in [2.24, 2.45) is 0 Å². The second-order valence-corrected chi connectivity index (χ2v) is 14.0. The first kappa shape index (κ1) is 32.4. The SMILES string of the molecule is Cc1cc(C)cc(N(CC(=O)N(Cc2c(Cl)cccc2Cl)[C@@H](Cc2ccccc2)C(=O)NC(C)(C)C)S(C)(=O)=O)c1. The normalized spacial score (nSPS) is 12.5. The van der Waals surface area contributed by atoms with Gasteiger partial charge in [0.2, 0.25) is 21.8 Å². The molecular formula is C31H37Cl2N3O4S. The third kappa shape index (κ3) is 9.21. The predicted octanol–water partition coefficient (Wildman–Crippen LogP) is 5.93. The van der Waals surface area contributed by atoms with Gasteiger partial charge in [0.15, 0.2) is 0 Å². The number of hydrogen-bond acceptors (Lipinski definition) is 4. The van der Waals surface area contributed by atoms with Crippen molar-refractivity contribution >= 4 is 50.7 Å². The number of carbonyl (C=O) groups excluding carboxylic acids is 2. The first-order chi connectivity index (χ1) is 19.0. The molecule has 0 aromatic heterocycles. The summed E-state index contributed by atoms with van der Waals surface area (Å²) in [7, 11) is -3.87. The van der Waals surface area contributed by atoms with E-state index in [9.17, 15) is 18.0 Å². The highest BCUT2D eigenvalue weighted by Gasteiger charge is 2.35. The molecular weight excluding hydrogens is 581 g/mol. The van der Waals surface area contributed by atoms with Crippen LogP contribution in [0.1, 0.15) is 43.0 Å². The number of rotatable bonds is 10. The quantitative estimate of drug-likeness (QED) is 0.305. The van der Waals surface area contributed by atoms with Crippen molar-refractivity contribution < 1.29 is 18.0 Å². The van der Waals surface area contributed by atoms with E-state index in [1.807, 2.05) is 71.0 Å². The number of aryl methyl sites for hydroxylation is 2. The zero-order valence-electron chi connectivity index (χ0n) is 24.2. The minimum Gasteiger partial charge on any atom is -0.350 e. The average molecular weight is 619 g/mol. The molecule has 0 bridgehead atoms. The van der Waals surface area contributed by atoms with Crippen LogP contribution < -0.4 is 9.62 Å². The molecule has 0 heterocycles. The van der Waals surface area contributed by atoms with Gasteiger partial charge in [0.05, 0.1) is 11.9 Å². The van der Waals surface area contributed by atoms with E-state index >= 15 is 0 Å². The van der Waals surface area contributed by atoms with Gasteiger partial charge >= 0.3 is 0 Å². The lowest BCUT2D eigenvalue weighted by atomic mass is 10.0. The van der Waals surface area contributed by atoms with Crippen LogP contribution in [0, 0.1) is 13.8 Å². The maximum atomic E-state index is 14.2. The Balaban J connectivity index is 2.14. The number of anilines is 1. The first-order valence-corrected chi connectivity index (χ1v) is 15.8. The molecule has 3 rings (SSSR count). The van der Waals surface area contributed by atoms with Crippen LogP contribution in [0.15, 0.2) is 66.7 Å². The summed E-state index contributed by atoms with van der Waals surface area (Å²) in [5.74, 6) is -0.953. The van der Waals surface area contributed by atoms with E-state index in [-0.39, 0.29) is 18.9 Å². The van der Waals surface area contributed by atoms with Crippen molar-refractivity contribution in [3.05, 3.63) is 99.0 Å². The van der Waals surface area contributed by atoms with Crippen molar-refractivity contribution in [3.8, 4) is 0 Å². The van der Waals surface area contributed by atoms with E-state index in [1.165, 1.54) is 4.90 Å². The molecule has 1 atom stereocenters. The summed E-state index contributed by atoms with van der Waals surface area (Å²) in [6.45, 7) is 8.66. The Kier molecular flexibility index (Phi) is 10.5. The molecule has 7 nitrogen and oxygen atoms in total. The van der Waals surface area contributed by atoms with E-state index in [0.29, 0.717) is 21.3 Å². The maximum absolute atomic E-state index is 14.2. The topological polar surface area (TPSA) is 86.8 Å². The molecule has 0 fully saturated rings. The van der Waals surface area contributed by atoms with E-state index in [4.69, 9.17) is 23.2 Å². The maximum Gasteiger partial charge on any atom is 0.244 e. The highest BCUT2D eigenvalue weighted by molar-refractivity contribution is 7.92. The van der Waals surface area contributed by atoms with Crippen LogP contribution in [0.2, 0.25) is 10.0 Å². The molecule has 0 saturated carbocycles. The average Bonchev–Trinajstić information content (AvgIpc) is 2.84. The van der Waals surface area contributed by atoms with Crippen LogP contribution in [-0.4, -0.2) is 49.5 Å². The lowest BCUT2D eigenvalue weighted by Gasteiger charge is -2.35. The predicted molar refractivity (Wildman–Crippen MR) is 167 cm³/mol. The van der Waals surface area contributed by atoms with Gasteiger partial charge < -0.3 is 10.2 Å². The molecule has 2 amide bonds. The third-order valence-electron chi connectivity index (χ3n) is 6.33. The summed E-state index contributed by atoms with van der Waals surface area (Å²) in [5.41, 5.74) is 2.79. The molecule has 0 spiro atoms. The van der Waals surface area contributed by atoms with Crippen LogP contribution in [-0.2, 0) is 32.6 Å². The molecule has 0 saturated heterocycles. The minimum absolute atomic E-state index is 0.100. The van der Waals surface area contributed by atoms with Crippen LogP contribution in [0.3, 0.4) is 0 Å². The molecule has 0 aliphatic carbocycles. The fourth-order valence-electron chi connectivity index (χ4n) is 4.57. The Labute approximate surface area is 253 Å². The lowest BCUT2D eigenvalue weighted by molar-refractivity contribution is -0.140. The number of carbonyl (C=O) groups is 2. The van der Waals surface area contributed by atoms with Crippen molar-refractivity contribution in [3.63, 3.8) is 0 Å². The Hall–Kier alpha value is -3.07. The summed E-state index contributed by atoms with van der Waals surface area (Å²) in [6, 6.07) is 18.7. The second kappa shape index (κ2) is 13.3. The molecule has 0 aliphatic heterocycles. The molecule has 10 heteroatoms. The van der Waals surface area contributed by atoms with Gasteiger partial charge in [0, 0.05) is 34.1 Å². The van der Waals surface area contributed by atoms with Crippen LogP contribution in [0.25, 0.3) is 0 Å². The molecule has 3 aromatic rings. The van der Waals surface area contributed by atoms with Crippen LogP contribution in [0.5, 0.6) is 0 Å². The van der Waals surface area contributed by atoms with Crippen molar-refractivity contribution in [1.29, 1.82) is 0 Å². The van der Waals surface area contributed by atoms with Crippen molar-refractivity contribution in [2.45, 2.75) is 59.2 Å². The smallest absolute Gasteiger partial charge is 0.244 e. The van der Waals surface area contributed by atoms with Crippen LogP contribution in [0.4, 0.5) is 5.69 Å². The van der Waals surface area contributed by atoms with Gasteiger partial charge in [0.25, 0.3) is 0 Å². The number of benzene rings is 3. The Morgan fingerprint density at radius 1 is 0.902 bits per heavy atom. The zero-order chi connectivity index (χ0) is 30.5. The summed E-state index contributed by atoms with van der Waals surface area (Å²) >= 11 is 13.0. The van der Waals surface area contributed by atoms with Crippen molar-refractivity contribution in [1.82, 2.24) is 10.2 Å². The number of sulfonamides is 1. The summed E-state index contributed by atoms with van der Waals surface area (Å²) in [6.07, 6.45) is 1.25. The highest BCUT2D eigenvalue weighted by atomic mass is 35.5. The van der Waals surface area contributed by atoms with E-state index in [2.05, 4.69) is 5.32 Å². The molecule has 1 N–H and O–H groups in total. The number of amides is 2. The highest BCUT2D eigenvalue weighted by Crippen LogP contribution is 2.28. The molecule has 3 aromatic carbocycles. The van der Waals surface area contributed by atoms with Gasteiger partial charge in [-0.15, -0.1) is 0 Å². The Morgan fingerprint density at radius 3 is 1.98 bits per heavy atom. The molecule has 220 valence electrons. The third-order valence-corrected chi connectivity index (χ3v) is 8.18. The van der Waals surface area contributed by atoms with Gasteiger partial charge in [0.1, 0.15) is 12.6 Å². The van der Waals surface area contributed by atoms with Gasteiger partial charge in [-0.25, -0.2) is 8.42 Å². The number of nitrogens with zero attached hydrogens (tertiary/aromatic N) is 2. The number of halogens is 2. The number of nitrogens with one attached hydrogen (secondary N) is 1. The van der Waals surface area contributed by atoms with Gasteiger partial charge in [-0.2, -0.15) is 0 Å².